The van der Waals surface area contributed by atoms with E-state index in [4.69, 9.17) is 0 Å². The zero-order valence-electron chi connectivity index (χ0n) is 14.2. The predicted molar refractivity (Wildman–Crippen MR) is 98.0 cm³/mol. The summed E-state index contributed by atoms with van der Waals surface area (Å²) in [6.07, 6.45) is 0. The van der Waals surface area contributed by atoms with Gasteiger partial charge >= 0.3 is 0 Å². The number of hydrogen-bond donors (Lipinski definition) is 1. The third-order valence-corrected chi connectivity index (χ3v) is 6.60. The molecule has 1 aliphatic rings. The van der Waals surface area contributed by atoms with E-state index in [1.807, 2.05) is 0 Å². The van der Waals surface area contributed by atoms with Crippen LogP contribution in [0.25, 0.3) is 11.1 Å². The van der Waals surface area contributed by atoms with Gasteiger partial charge in [-0.15, -0.1) is 0 Å². The average Bonchev–Trinajstić information content (AvgIpc) is 2.62. The second kappa shape index (κ2) is 6.06. The molecule has 0 radical (unpaired) electrons. The Kier molecular flexibility index (Phi) is 3.92. The molecule has 4 rings (SSSR count). The first-order valence-electron chi connectivity index (χ1n) is 8.22. The van der Waals surface area contributed by atoms with Crippen LogP contribution < -0.4 is 4.31 Å². The molecule has 3 aromatic carbocycles. The SMILES string of the molecule is C[C@H]1c2cc(F)ccc2-c2ccc(F)cc2N1S(=O)(=O)c1ccc(O)cc1. The molecule has 0 aliphatic carbocycles. The average molecular weight is 387 g/mol. The monoisotopic (exact) mass is 387 g/mol. The van der Waals surface area contributed by atoms with Crippen molar-refractivity contribution < 1.29 is 22.3 Å². The molecule has 1 atom stereocenters. The van der Waals surface area contributed by atoms with E-state index >= 15 is 0 Å². The van der Waals surface area contributed by atoms with Gasteiger partial charge in [-0.1, -0.05) is 6.07 Å². The Bertz CT molecular complexity index is 1140. The van der Waals surface area contributed by atoms with Crippen molar-refractivity contribution in [3.05, 3.63) is 77.9 Å². The number of aromatic hydroxyl groups is 1. The Hall–Kier alpha value is -2.93. The molecule has 0 amide bonds. The maximum atomic E-state index is 14.0. The smallest absolute Gasteiger partial charge is 0.264 e. The highest BCUT2D eigenvalue weighted by atomic mass is 32.2. The second-order valence-corrected chi connectivity index (χ2v) is 8.18. The highest BCUT2D eigenvalue weighted by molar-refractivity contribution is 7.92. The fourth-order valence-corrected chi connectivity index (χ4v) is 5.09. The van der Waals surface area contributed by atoms with Crippen LogP contribution >= 0.6 is 0 Å². The van der Waals surface area contributed by atoms with Gasteiger partial charge in [-0.25, -0.2) is 17.2 Å². The minimum atomic E-state index is -4.08. The minimum Gasteiger partial charge on any atom is -0.508 e. The molecule has 1 N–H and O–H groups in total. The van der Waals surface area contributed by atoms with Gasteiger partial charge in [-0.05, 0) is 72.6 Å². The van der Waals surface area contributed by atoms with Gasteiger partial charge in [0.25, 0.3) is 10.0 Å². The predicted octanol–water partition coefficient (Wildman–Crippen LogP) is 4.61. The van der Waals surface area contributed by atoms with Gasteiger partial charge in [0, 0.05) is 5.56 Å². The fraction of sp³-hybridized carbons (Fsp3) is 0.100. The van der Waals surface area contributed by atoms with Crippen molar-refractivity contribution >= 4 is 15.7 Å². The first-order chi connectivity index (χ1) is 12.8. The molecule has 7 heteroatoms. The first-order valence-corrected chi connectivity index (χ1v) is 9.66. The number of anilines is 1. The molecular formula is C20H15F2NO3S. The summed E-state index contributed by atoms with van der Waals surface area (Å²) in [5.41, 5.74) is 1.86. The molecule has 27 heavy (non-hydrogen) atoms. The molecule has 0 unspecified atom stereocenters. The standard InChI is InChI=1S/C20H15F2NO3S/c1-12-19-10-13(21)2-8-17(19)18-9-3-14(22)11-20(18)23(12)27(25,26)16-6-4-15(24)5-7-16/h2-12,24H,1H3/t12-/m0/s1. The molecule has 0 saturated carbocycles. The van der Waals surface area contributed by atoms with Crippen LogP contribution in [0.2, 0.25) is 0 Å². The van der Waals surface area contributed by atoms with Crippen LogP contribution in [0.15, 0.2) is 65.6 Å². The van der Waals surface area contributed by atoms with Crippen molar-refractivity contribution in [2.24, 2.45) is 0 Å². The number of phenolic OH excluding ortho intramolecular Hbond substituents is 1. The lowest BCUT2D eigenvalue weighted by molar-refractivity contribution is 0.474. The van der Waals surface area contributed by atoms with Crippen LogP contribution in [-0.2, 0) is 10.0 Å². The molecule has 1 heterocycles. The van der Waals surface area contributed by atoms with Crippen molar-refractivity contribution in [1.82, 2.24) is 0 Å². The van der Waals surface area contributed by atoms with Crippen molar-refractivity contribution in [3.63, 3.8) is 0 Å². The summed E-state index contributed by atoms with van der Waals surface area (Å²) in [4.78, 5) is -0.0535. The molecule has 1 aliphatic heterocycles. The van der Waals surface area contributed by atoms with E-state index in [1.54, 1.807) is 13.0 Å². The normalized spacial score (nSPS) is 16.0. The zero-order valence-corrected chi connectivity index (χ0v) is 15.0. The van der Waals surface area contributed by atoms with Gasteiger partial charge in [0.2, 0.25) is 0 Å². The maximum Gasteiger partial charge on any atom is 0.264 e. The number of fused-ring (bicyclic) bond motifs is 3. The minimum absolute atomic E-state index is 0.0535. The Balaban J connectivity index is 1.98. The Morgan fingerprint density at radius 2 is 1.48 bits per heavy atom. The van der Waals surface area contributed by atoms with E-state index in [1.165, 1.54) is 48.5 Å². The van der Waals surface area contributed by atoms with Gasteiger partial charge in [-0.2, -0.15) is 0 Å². The summed E-state index contributed by atoms with van der Waals surface area (Å²) in [7, 11) is -4.08. The summed E-state index contributed by atoms with van der Waals surface area (Å²) in [5.74, 6) is -1.12. The van der Waals surface area contributed by atoms with E-state index in [0.29, 0.717) is 16.7 Å². The summed E-state index contributed by atoms with van der Waals surface area (Å²) < 4.78 is 55.5. The van der Waals surface area contributed by atoms with Gasteiger partial charge < -0.3 is 5.11 Å². The van der Waals surface area contributed by atoms with Crippen LogP contribution in [-0.4, -0.2) is 13.5 Å². The molecule has 3 aromatic rings. The third kappa shape index (κ3) is 2.75. The fourth-order valence-electron chi connectivity index (χ4n) is 3.44. The molecule has 0 fully saturated rings. The lowest BCUT2D eigenvalue weighted by atomic mass is 9.90. The molecular weight excluding hydrogens is 372 g/mol. The van der Waals surface area contributed by atoms with Crippen molar-refractivity contribution in [1.29, 1.82) is 0 Å². The Morgan fingerprint density at radius 1 is 0.889 bits per heavy atom. The number of rotatable bonds is 2. The molecule has 0 bridgehead atoms. The lowest BCUT2D eigenvalue weighted by Crippen LogP contribution is -2.36. The van der Waals surface area contributed by atoms with E-state index in [9.17, 15) is 22.3 Å². The largest absolute Gasteiger partial charge is 0.508 e. The zero-order chi connectivity index (χ0) is 19.3. The number of hydrogen-bond acceptors (Lipinski definition) is 3. The molecule has 138 valence electrons. The topological polar surface area (TPSA) is 57.6 Å². The summed E-state index contributed by atoms with van der Waals surface area (Å²) >= 11 is 0. The number of halogens is 2. The molecule has 4 nitrogen and oxygen atoms in total. The van der Waals surface area contributed by atoms with Crippen molar-refractivity contribution in [2.45, 2.75) is 17.9 Å². The third-order valence-electron chi connectivity index (χ3n) is 4.70. The first kappa shape index (κ1) is 17.5. The van der Waals surface area contributed by atoms with Crippen molar-refractivity contribution in [2.75, 3.05) is 4.31 Å². The Labute approximate surface area is 155 Å². The second-order valence-electron chi connectivity index (χ2n) is 6.36. The number of sulfonamides is 1. The molecule has 0 aromatic heterocycles. The summed E-state index contributed by atoms with van der Waals surface area (Å²) in [6, 6.07) is 12.4. The maximum absolute atomic E-state index is 14.0. The number of benzene rings is 3. The van der Waals surface area contributed by atoms with Crippen LogP contribution in [0.4, 0.5) is 14.5 Å². The van der Waals surface area contributed by atoms with Crippen LogP contribution in [0.1, 0.15) is 18.5 Å². The van der Waals surface area contributed by atoms with E-state index < -0.39 is 27.7 Å². The Morgan fingerprint density at radius 3 is 2.15 bits per heavy atom. The molecule has 0 saturated heterocycles. The van der Waals surface area contributed by atoms with E-state index in [-0.39, 0.29) is 16.3 Å². The number of nitrogens with zero attached hydrogens (tertiary/aromatic N) is 1. The van der Waals surface area contributed by atoms with Gasteiger partial charge in [0.1, 0.15) is 17.4 Å². The van der Waals surface area contributed by atoms with Crippen LogP contribution in [0.3, 0.4) is 0 Å². The van der Waals surface area contributed by atoms with E-state index in [0.717, 1.165) is 10.4 Å². The van der Waals surface area contributed by atoms with Gasteiger partial charge in [0.05, 0.1) is 16.6 Å². The summed E-state index contributed by atoms with van der Waals surface area (Å²) in [5, 5.41) is 9.44. The highest BCUT2D eigenvalue weighted by Gasteiger charge is 2.37. The molecule has 0 spiro atoms. The van der Waals surface area contributed by atoms with Crippen molar-refractivity contribution in [3.8, 4) is 16.9 Å². The van der Waals surface area contributed by atoms with Gasteiger partial charge in [-0.3, -0.25) is 4.31 Å². The van der Waals surface area contributed by atoms with Crippen LogP contribution in [0, 0.1) is 11.6 Å². The van der Waals surface area contributed by atoms with E-state index in [2.05, 4.69) is 0 Å². The highest BCUT2D eigenvalue weighted by Crippen LogP contribution is 2.47. The van der Waals surface area contributed by atoms with Gasteiger partial charge in [0.15, 0.2) is 0 Å². The summed E-state index contributed by atoms with van der Waals surface area (Å²) in [6.45, 7) is 1.63. The lowest BCUT2D eigenvalue weighted by Gasteiger charge is -2.37. The van der Waals surface area contributed by atoms with Crippen LogP contribution in [0.5, 0.6) is 5.75 Å². The number of phenols is 1. The quantitative estimate of drug-likeness (QED) is 0.699.